The van der Waals surface area contributed by atoms with Gasteiger partial charge in [-0.2, -0.15) is 0 Å². The lowest BCUT2D eigenvalue weighted by atomic mass is 9.69. The molecular weight excluding hydrogens is 330 g/mol. The highest BCUT2D eigenvalue weighted by molar-refractivity contribution is 5.92. The summed E-state index contributed by atoms with van der Waals surface area (Å²) in [5.41, 5.74) is 0.445. The number of anilines is 1. The Hall–Kier alpha value is -1.73. The molecule has 7 nitrogen and oxygen atoms in total. The van der Waals surface area contributed by atoms with Crippen LogP contribution in [0.2, 0.25) is 0 Å². The lowest BCUT2D eigenvalue weighted by Gasteiger charge is -2.53. The zero-order chi connectivity index (χ0) is 18.1. The minimum absolute atomic E-state index is 0.0000899. The normalized spacial score (nSPS) is 29.7. The van der Waals surface area contributed by atoms with Gasteiger partial charge in [0.1, 0.15) is 11.5 Å². The van der Waals surface area contributed by atoms with E-state index in [0.29, 0.717) is 11.7 Å². The third kappa shape index (κ3) is 3.07. The predicted octanol–water partition coefficient (Wildman–Crippen LogP) is 0.996. The third-order valence-corrected chi connectivity index (χ3v) is 6.57. The molecule has 3 fully saturated rings. The van der Waals surface area contributed by atoms with Gasteiger partial charge in [0.2, 0.25) is 0 Å². The van der Waals surface area contributed by atoms with Crippen molar-refractivity contribution in [3.8, 4) is 0 Å². The third-order valence-electron chi connectivity index (χ3n) is 6.57. The van der Waals surface area contributed by atoms with Crippen LogP contribution in [0.5, 0.6) is 0 Å². The Morgan fingerprint density at radius 2 is 2.00 bits per heavy atom. The highest BCUT2D eigenvalue weighted by atomic mass is 16.3. The van der Waals surface area contributed by atoms with Gasteiger partial charge in [0.05, 0.1) is 19.0 Å². The minimum atomic E-state index is -0.00616. The molecule has 0 radical (unpaired) electrons. The molecule has 26 heavy (non-hydrogen) atoms. The Morgan fingerprint density at radius 3 is 2.77 bits per heavy atom. The molecule has 142 valence electrons. The van der Waals surface area contributed by atoms with Crippen LogP contribution >= 0.6 is 0 Å². The highest BCUT2D eigenvalue weighted by Gasteiger charge is 2.46. The zero-order valence-electron chi connectivity index (χ0n) is 15.6. The Labute approximate surface area is 155 Å². The predicted molar refractivity (Wildman–Crippen MR) is 99.2 cm³/mol. The van der Waals surface area contributed by atoms with E-state index in [2.05, 4.69) is 26.8 Å². The molecule has 0 bridgehead atoms. The second-order valence-corrected chi connectivity index (χ2v) is 8.08. The molecule has 3 saturated heterocycles. The lowest BCUT2D eigenvalue weighted by Crippen LogP contribution is -2.61. The van der Waals surface area contributed by atoms with Crippen molar-refractivity contribution in [1.82, 2.24) is 19.8 Å². The van der Waals surface area contributed by atoms with Crippen LogP contribution < -0.4 is 4.90 Å². The zero-order valence-corrected chi connectivity index (χ0v) is 15.6. The molecule has 4 heterocycles. The average molecular weight is 359 g/mol. The van der Waals surface area contributed by atoms with Crippen LogP contribution in [0.3, 0.4) is 0 Å². The molecule has 2 atom stereocenters. The lowest BCUT2D eigenvalue weighted by molar-refractivity contribution is -0.0277. The fourth-order valence-electron chi connectivity index (χ4n) is 4.92. The summed E-state index contributed by atoms with van der Waals surface area (Å²) < 4.78 is 0. The van der Waals surface area contributed by atoms with E-state index in [4.69, 9.17) is 0 Å². The van der Waals surface area contributed by atoms with Crippen molar-refractivity contribution < 1.29 is 9.90 Å². The molecule has 1 aromatic rings. The average Bonchev–Trinajstić information content (AvgIpc) is 3.22. The molecule has 3 aliphatic rings. The number of aliphatic hydroxyl groups excluding tert-OH is 1. The van der Waals surface area contributed by atoms with Crippen LogP contribution in [0.1, 0.15) is 42.6 Å². The van der Waals surface area contributed by atoms with Gasteiger partial charge in [0, 0.05) is 37.6 Å². The molecule has 4 rings (SSSR count). The summed E-state index contributed by atoms with van der Waals surface area (Å²) in [6.45, 7) is 4.63. The van der Waals surface area contributed by atoms with E-state index in [1.807, 2.05) is 4.90 Å². The number of likely N-dealkylation sites (tertiary alicyclic amines) is 2. The number of aromatic nitrogens is 2. The first-order valence-corrected chi connectivity index (χ1v) is 9.80. The second kappa shape index (κ2) is 7.12. The van der Waals surface area contributed by atoms with Crippen molar-refractivity contribution in [3.05, 3.63) is 18.1 Å². The van der Waals surface area contributed by atoms with Gasteiger partial charge in [-0.3, -0.25) is 9.78 Å². The van der Waals surface area contributed by atoms with Gasteiger partial charge in [-0.15, -0.1) is 0 Å². The Morgan fingerprint density at radius 1 is 1.19 bits per heavy atom. The molecule has 0 saturated carbocycles. The van der Waals surface area contributed by atoms with Crippen LogP contribution in [0.4, 0.5) is 5.82 Å². The number of likely N-dealkylation sites (N-methyl/N-ethyl adjacent to an activating group) is 1. The molecule has 0 unspecified atom stereocenters. The topological polar surface area (TPSA) is 72.8 Å². The summed E-state index contributed by atoms with van der Waals surface area (Å²) in [7, 11) is 2.15. The molecule has 1 amide bonds. The first-order chi connectivity index (χ1) is 12.6. The van der Waals surface area contributed by atoms with E-state index in [0.717, 1.165) is 70.6 Å². The van der Waals surface area contributed by atoms with Crippen molar-refractivity contribution in [2.75, 3.05) is 51.3 Å². The first-order valence-electron chi connectivity index (χ1n) is 9.80. The largest absolute Gasteiger partial charge is 0.396 e. The van der Waals surface area contributed by atoms with Crippen LogP contribution in [-0.2, 0) is 0 Å². The summed E-state index contributed by atoms with van der Waals surface area (Å²) in [5.74, 6) is 0.772. The number of nitrogens with zero attached hydrogens (tertiary/aromatic N) is 5. The summed E-state index contributed by atoms with van der Waals surface area (Å²) in [6, 6.07) is 0.315. The van der Waals surface area contributed by atoms with E-state index in [1.165, 1.54) is 0 Å². The van der Waals surface area contributed by atoms with Crippen molar-refractivity contribution in [1.29, 1.82) is 0 Å². The van der Waals surface area contributed by atoms with Gasteiger partial charge >= 0.3 is 0 Å². The van der Waals surface area contributed by atoms with E-state index in [-0.39, 0.29) is 17.9 Å². The second-order valence-electron chi connectivity index (χ2n) is 8.08. The Kier molecular flexibility index (Phi) is 4.84. The standard InChI is InChI=1S/C19H29N5O2/c1-22-7-4-5-19(14-25)6-10-24(13-16(19)22)17-12-20-11-15(21-17)18(26)23-8-2-3-9-23/h11-12,16,25H,2-10,13-14H2,1H3/t16-,19-/m1/s1. The van der Waals surface area contributed by atoms with Crippen LogP contribution in [0.15, 0.2) is 12.4 Å². The molecule has 1 N–H and O–H groups in total. The van der Waals surface area contributed by atoms with Gasteiger partial charge in [0.25, 0.3) is 5.91 Å². The Balaban J connectivity index is 1.53. The number of hydrogen-bond acceptors (Lipinski definition) is 6. The van der Waals surface area contributed by atoms with Crippen LogP contribution in [-0.4, -0.2) is 83.2 Å². The molecular formula is C19H29N5O2. The molecule has 0 aliphatic carbocycles. The van der Waals surface area contributed by atoms with E-state index < -0.39 is 0 Å². The highest BCUT2D eigenvalue weighted by Crippen LogP contribution is 2.42. The molecule has 1 aromatic heterocycles. The number of fused-ring (bicyclic) bond motifs is 1. The van der Waals surface area contributed by atoms with Crippen LogP contribution in [0.25, 0.3) is 0 Å². The monoisotopic (exact) mass is 359 g/mol. The van der Waals surface area contributed by atoms with Crippen molar-refractivity contribution in [3.63, 3.8) is 0 Å². The van der Waals surface area contributed by atoms with Crippen molar-refractivity contribution in [2.45, 2.75) is 38.1 Å². The summed E-state index contributed by atoms with van der Waals surface area (Å²) in [6.07, 6.45) is 8.67. The molecule has 7 heteroatoms. The van der Waals surface area contributed by atoms with Gasteiger partial charge in [0.15, 0.2) is 0 Å². The quantitative estimate of drug-likeness (QED) is 0.868. The number of piperidine rings is 2. The summed E-state index contributed by atoms with van der Waals surface area (Å²) >= 11 is 0. The SMILES string of the molecule is CN1CCC[C@]2(CO)CCN(c3cncc(C(=O)N4CCCC4)n3)C[C@@H]12. The Bertz CT molecular complexity index is 663. The number of carbonyl (C=O) groups is 1. The maximum Gasteiger partial charge on any atom is 0.274 e. The molecule has 3 aliphatic heterocycles. The smallest absolute Gasteiger partial charge is 0.274 e. The van der Waals surface area contributed by atoms with Gasteiger partial charge in [-0.05, 0) is 45.7 Å². The van der Waals surface area contributed by atoms with Gasteiger partial charge < -0.3 is 19.8 Å². The van der Waals surface area contributed by atoms with E-state index >= 15 is 0 Å². The number of hydrogen-bond donors (Lipinski definition) is 1. The maximum atomic E-state index is 12.6. The minimum Gasteiger partial charge on any atom is -0.396 e. The summed E-state index contributed by atoms with van der Waals surface area (Å²) in [5, 5.41) is 10.1. The van der Waals surface area contributed by atoms with Crippen LogP contribution in [0, 0.1) is 5.41 Å². The fourth-order valence-corrected chi connectivity index (χ4v) is 4.92. The number of aliphatic hydroxyl groups is 1. The van der Waals surface area contributed by atoms with Crippen molar-refractivity contribution in [2.24, 2.45) is 5.41 Å². The van der Waals surface area contributed by atoms with E-state index in [1.54, 1.807) is 12.4 Å². The van der Waals surface area contributed by atoms with Gasteiger partial charge in [-0.1, -0.05) is 0 Å². The molecule has 0 spiro atoms. The number of amides is 1. The van der Waals surface area contributed by atoms with Gasteiger partial charge in [-0.25, -0.2) is 4.98 Å². The molecule has 0 aromatic carbocycles. The summed E-state index contributed by atoms with van der Waals surface area (Å²) in [4.78, 5) is 28.0. The first kappa shape index (κ1) is 17.7. The van der Waals surface area contributed by atoms with Crippen molar-refractivity contribution >= 4 is 11.7 Å². The maximum absolute atomic E-state index is 12.6. The number of rotatable bonds is 3. The fraction of sp³-hybridized carbons (Fsp3) is 0.737. The van der Waals surface area contributed by atoms with E-state index in [9.17, 15) is 9.90 Å². The number of carbonyl (C=O) groups excluding carboxylic acids is 1.